The Bertz CT molecular complexity index is 144. The molecule has 66 valence electrons. The third kappa shape index (κ3) is 3.95. The normalized spacial score (nSPS) is 12.2. The van der Waals surface area contributed by atoms with Crippen molar-refractivity contribution < 1.29 is 22.4 Å². The van der Waals surface area contributed by atoms with Crippen LogP contribution in [0.3, 0.4) is 0 Å². The Hall–Kier alpha value is -0.610. The van der Waals surface area contributed by atoms with Crippen LogP contribution in [0.1, 0.15) is 19.8 Å². The highest BCUT2D eigenvalue weighted by molar-refractivity contribution is 5.75. The molecule has 0 amide bonds. The van der Waals surface area contributed by atoms with Crippen LogP contribution in [0.4, 0.5) is 17.6 Å². The summed E-state index contributed by atoms with van der Waals surface area (Å²) in [6.45, 7) is 1.08. The van der Waals surface area contributed by atoms with Crippen molar-refractivity contribution in [1.82, 2.24) is 0 Å². The highest BCUT2D eigenvalue weighted by atomic mass is 19.3. The third-order valence-corrected chi connectivity index (χ3v) is 1.13. The van der Waals surface area contributed by atoms with E-state index in [9.17, 15) is 22.4 Å². The standard InChI is InChI=1S/C6H8F4O/c1-4(11)2-3-6(9,10)5(7)8/h5H,2-3H2,1H3. The van der Waals surface area contributed by atoms with Gasteiger partial charge in [0.25, 0.3) is 0 Å². The largest absolute Gasteiger partial charge is 0.307 e. The summed E-state index contributed by atoms with van der Waals surface area (Å²) in [4.78, 5) is 10.1. The molecule has 0 bridgehead atoms. The summed E-state index contributed by atoms with van der Waals surface area (Å²) >= 11 is 0. The number of halogens is 4. The average Bonchev–Trinajstić information content (AvgIpc) is 1.84. The van der Waals surface area contributed by atoms with Gasteiger partial charge in [0, 0.05) is 12.8 Å². The van der Waals surface area contributed by atoms with Crippen molar-refractivity contribution in [3.63, 3.8) is 0 Å². The molecule has 0 unspecified atom stereocenters. The van der Waals surface area contributed by atoms with Crippen LogP contribution in [0.2, 0.25) is 0 Å². The monoisotopic (exact) mass is 172 g/mol. The molecule has 0 heterocycles. The highest BCUT2D eigenvalue weighted by Crippen LogP contribution is 2.27. The first-order valence-corrected chi connectivity index (χ1v) is 3.01. The van der Waals surface area contributed by atoms with E-state index in [-0.39, 0.29) is 0 Å². The van der Waals surface area contributed by atoms with Gasteiger partial charge in [-0.15, -0.1) is 0 Å². The lowest BCUT2D eigenvalue weighted by Crippen LogP contribution is -2.26. The van der Waals surface area contributed by atoms with Gasteiger partial charge in [0.15, 0.2) is 0 Å². The van der Waals surface area contributed by atoms with Crippen LogP contribution in [-0.2, 0) is 4.79 Å². The molecule has 0 N–H and O–H groups in total. The van der Waals surface area contributed by atoms with Crippen LogP contribution in [-0.4, -0.2) is 18.1 Å². The molecule has 0 radical (unpaired) electrons. The van der Waals surface area contributed by atoms with E-state index in [1.165, 1.54) is 0 Å². The van der Waals surface area contributed by atoms with E-state index in [0.717, 1.165) is 6.92 Å². The minimum atomic E-state index is -4.02. The maximum absolute atomic E-state index is 12.0. The maximum atomic E-state index is 12.0. The minimum Gasteiger partial charge on any atom is -0.300 e. The Kier molecular flexibility index (Phi) is 3.48. The van der Waals surface area contributed by atoms with E-state index in [2.05, 4.69) is 0 Å². The molecule has 1 nitrogen and oxygen atoms in total. The molecule has 5 heteroatoms. The van der Waals surface area contributed by atoms with Gasteiger partial charge < -0.3 is 4.79 Å². The van der Waals surface area contributed by atoms with Crippen molar-refractivity contribution in [2.24, 2.45) is 0 Å². The number of hydrogen-bond donors (Lipinski definition) is 0. The van der Waals surface area contributed by atoms with E-state index >= 15 is 0 Å². The maximum Gasteiger partial charge on any atom is 0.307 e. The predicted octanol–water partition coefficient (Wildman–Crippen LogP) is 2.26. The van der Waals surface area contributed by atoms with Gasteiger partial charge >= 0.3 is 12.3 Å². The summed E-state index contributed by atoms with van der Waals surface area (Å²) in [6.07, 6.45) is -5.25. The molecule has 0 spiro atoms. The van der Waals surface area contributed by atoms with Gasteiger partial charge in [-0.25, -0.2) is 17.6 Å². The molecule has 0 aromatic rings. The molecule has 0 saturated carbocycles. The van der Waals surface area contributed by atoms with Gasteiger partial charge in [0.2, 0.25) is 0 Å². The number of rotatable bonds is 4. The number of alkyl halides is 4. The van der Waals surface area contributed by atoms with Crippen molar-refractivity contribution in [1.29, 1.82) is 0 Å². The van der Waals surface area contributed by atoms with Gasteiger partial charge in [0.1, 0.15) is 5.78 Å². The van der Waals surface area contributed by atoms with Crippen LogP contribution in [0.15, 0.2) is 0 Å². The number of hydrogen-bond acceptors (Lipinski definition) is 1. The van der Waals surface area contributed by atoms with Crippen molar-refractivity contribution in [2.75, 3.05) is 0 Å². The second-order valence-electron chi connectivity index (χ2n) is 2.26. The fourth-order valence-corrected chi connectivity index (χ4v) is 0.452. The van der Waals surface area contributed by atoms with Crippen molar-refractivity contribution >= 4 is 5.78 Å². The molecule has 0 aliphatic carbocycles. The van der Waals surface area contributed by atoms with E-state index < -0.39 is 31.0 Å². The zero-order chi connectivity index (χ0) is 9.07. The van der Waals surface area contributed by atoms with Gasteiger partial charge in [0.05, 0.1) is 0 Å². The summed E-state index contributed by atoms with van der Waals surface area (Å²) in [6, 6.07) is 0. The Balaban J connectivity index is 3.82. The van der Waals surface area contributed by atoms with Crippen molar-refractivity contribution in [2.45, 2.75) is 32.1 Å². The second kappa shape index (κ2) is 3.69. The molecular formula is C6H8F4O. The zero-order valence-electron chi connectivity index (χ0n) is 5.91. The van der Waals surface area contributed by atoms with Gasteiger partial charge in [-0.3, -0.25) is 0 Å². The Morgan fingerprint density at radius 2 is 1.91 bits per heavy atom. The fraction of sp³-hybridized carbons (Fsp3) is 0.833. The predicted molar refractivity (Wildman–Crippen MR) is 30.9 cm³/mol. The number of carbonyl (C=O) groups excluding carboxylic acids is 1. The first-order chi connectivity index (χ1) is 4.86. The van der Waals surface area contributed by atoms with E-state index in [0.29, 0.717) is 0 Å². The first kappa shape index (κ1) is 10.4. The molecule has 0 rings (SSSR count). The molecule has 0 atom stereocenters. The summed E-state index contributed by atoms with van der Waals surface area (Å²) in [5.41, 5.74) is 0. The van der Waals surface area contributed by atoms with Crippen LogP contribution < -0.4 is 0 Å². The number of ketones is 1. The molecule has 0 fully saturated rings. The third-order valence-electron chi connectivity index (χ3n) is 1.13. The van der Waals surface area contributed by atoms with Crippen molar-refractivity contribution in [3.8, 4) is 0 Å². The molecule has 0 saturated heterocycles. The Morgan fingerprint density at radius 1 is 1.45 bits per heavy atom. The summed E-state index contributed by atoms with van der Waals surface area (Å²) in [5.74, 6) is -4.53. The minimum absolute atomic E-state index is 0.503. The second-order valence-corrected chi connectivity index (χ2v) is 2.26. The molecular weight excluding hydrogens is 164 g/mol. The van der Waals surface area contributed by atoms with Crippen LogP contribution in [0, 0.1) is 0 Å². The van der Waals surface area contributed by atoms with Crippen LogP contribution >= 0.6 is 0 Å². The highest BCUT2D eigenvalue weighted by Gasteiger charge is 2.40. The SMILES string of the molecule is CC(=O)CCC(F)(F)C(F)F. The zero-order valence-corrected chi connectivity index (χ0v) is 5.91. The quantitative estimate of drug-likeness (QED) is 0.594. The lowest BCUT2D eigenvalue weighted by molar-refractivity contribution is -0.139. The van der Waals surface area contributed by atoms with E-state index in [1.807, 2.05) is 0 Å². The summed E-state index contributed by atoms with van der Waals surface area (Å²) in [5, 5.41) is 0. The fourth-order valence-electron chi connectivity index (χ4n) is 0.452. The number of carbonyl (C=O) groups is 1. The van der Waals surface area contributed by atoms with E-state index in [4.69, 9.17) is 0 Å². The molecule has 0 aromatic heterocycles. The van der Waals surface area contributed by atoms with Gasteiger partial charge in [-0.2, -0.15) is 0 Å². The molecule has 0 aliphatic rings. The Morgan fingerprint density at radius 3 is 2.18 bits per heavy atom. The number of Topliss-reactive ketones (excluding diaryl/α,β-unsaturated/α-hetero) is 1. The lowest BCUT2D eigenvalue weighted by atomic mass is 10.1. The van der Waals surface area contributed by atoms with Crippen LogP contribution in [0.25, 0.3) is 0 Å². The van der Waals surface area contributed by atoms with Crippen molar-refractivity contribution in [3.05, 3.63) is 0 Å². The van der Waals surface area contributed by atoms with E-state index in [1.54, 1.807) is 0 Å². The molecule has 11 heavy (non-hydrogen) atoms. The lowest BCUT2D eigenvalue weighted by Gasteiger charge is -2.13. The van der Waals surface area contributed by atoms with Crippen LogP contribution in [0.5, 0.6) is 0 Å². The summed E-state index contributed by atoms with van der Waals surface area (Å²) in [7, 11) is 0. The van der Waals surface area contributed by atoms with Gasteiger partial charge in [-0.1, -0.05) is 0 Å². The first-order valence-electron chi connectivity index (χ1n) is 3.01. The molecule has 0 aliphatic heterocycles. The summed E-state index contributed by atoms with van der Waals surface area (Å²) < 4.78 is 46.8. The average molecular weight is 172 g/mol. The molecule has 0 aromatic carbocycles. The van der Waals surface area contributed by atoms with Gasteiger partial charge in [-0.05, 0) is 6.92 Å². The smallest absolute Gasteiger partial charge is 0.300 e. The topological polar surface area (TPSA) is 17.1 Å². The Labute approximate surface area is 61.4 Å².